The third-order valence-electron chi connectivity index (χ3n) is 3.37. The minimum Gasteiger partial charge on any atom is -0.293 e. The van der Waals surface area contributed by atoms with Gasteiger partial charge in [0.25, 0.3) is 0 Å². The zero-order valence-electron chi connectivity index (χ0n) is 9.36. The van der Waals surface area contributed by atoms with E-state index >= 15 is 0 Å². The number of rotatable bonds is 3. The van der Waals surface area contributed by atoms with Crippen LogP contribution < -0.4 is 0 Å². The second kappa shape index (κ2) is 5.62. The lowest BCUT2D eigenvalue weighted by Crippen LogP contribution is -2.26. The number of alkyl halides is 1. The molecule has 0 saturated heterocycles. The van der Waals surface area contributed by atoms with Crippen LogP contribution in [0.4, 0.5) is 0 Å². The summed E-state index contributed by atoms with van der Waals surface area (Å²) in [5.74, 6) is 0.772. The van der Waals surface area contributed by atoms with Crippen molar-refractivity contribution in [3.05, 3.63) is 35.9 Å². The van der Waals surface area contributed by atoms with Crippen LogP contribution >= 0.6 is 15.9 Å². The Morgan fingerprint density at radius 2 is 1.75 bits per heavy atom. The van der Waals surface area contributed by atoms with Crippen molar-refractivity contribution in [2.24, 2.45) is 5.92 Å². The van der Waals surface area contributed by atoms with Crippen molar-refractivity contribution in [3.63, 3.8) is 0 Å². The summed E-state index contributed by atoms with van der Waals surface area (Å²) in [6, 6.07) is 9.60. The monoisotopic (exact) mass is 280 g/mol. The first-order valence-corrected chi connectivity index (χ1v) is 6.94. The molecule has 1 atom stereocenters. The Morgan fingerprint density at radius 3 is 2.38 bits per heavy atom. The number of hydrogen-bond acceptors (Lipinski definition) is 1. The van der Waals surface area contributed by atoms with Gasteiger partial charge in [-0.25, -0.2) is 0 Å². The summed E-state index contributed by atoms with van der Waals surface area (Å²) >= 11 is 3.59. The summed E-state index contributed by atoms with van der Waals surface area (Å²) in [5.41, 5.74) is 0.829. The number of benzene rings is 1. The second-order valence-electron chi connectivity index (χ2n) is 4.53. The Hall–Kier alpha value is -0.630. The number of carbonyl (C=O) groups excluding carboxylic acids is 1. The first kappa shape index (κ1) is 11.8. The molecule has 0 aromatic heterocycles. The number of carbonyl (C=O) groups is 1. The third kappa shape index (κ3) is 2.73. The molecule has 0 amide bonds. The van der Waals surface area contributed by atoms with Gasteiger partial charge < -0.3 is 0 Å². The van der Waals surface area contributed by atoms with Crippen molar-refractivity contribution in [1.82, 2.24) is 0 Å². The topological polar surface area (TPSA) is 17.1 Å². The van der Waals surface area contributed by atoms with Gasteiger partial charge in [0.1, 0.15) is 0 Å². The van der Waals surface area contributed by atoms with Gasteiger partial charge in [-0.3, -0.25) is 4.79 Å². The largest absolute Gasteiger partial charge is 0.293 e. The van der Waals surface area contributed by atoms with Crippen LogP contribution in [0.2, 0.25) is 0 Å². The van der Waals surface area contributed by atoms with Crippen LogP contribution in [0.1, 0.15) is 42.5 Å². The molecule has 1 fully saturated rings. The van der Waals surface area contributed by atoms with E-state index in [0.29, 0.717) is 5.92 Å². The van der Waals surface area contributed by atoms with Crippen molar-refractivity contribution in [1.29, 1.82) is 0 Å². The maximum atomic E-state index is 12.2. The zero-order chi connectivity index (χ0) is 11.4. The Bertz CT molecular complexity index is 341. The molecule has 0 N–H and O–H groups in total. The summed E-state index contributed by atoms with van der Waals surface area (Å²) in [4.78, 5) is 12.2. The van der Waals surface area contributed by atoms with E-state index in [1.807, 2.05) is 30.3 Å². The highest BCUT2D eigenvalue weighted by atomic mass is 79.9. The Morgan fingerprint density at radius 1 is 1.12 bits per heavy atom. The van der Waals surface area contributed by atoms with Gasteiger partial charge in [0.05, 0.1) is 4.83 Å². The van der Waals surface area contributed by atoms with Crippen molar-refractivity contribution in [2.75, 3.05) is 0 Å². The van der Waals surface area contributed by atoms with E-state index in [1.165, 1.54) is 32.1 Å². The molecule has 0 spiro atoms. The highest BCUT2D eigenvalue weighted by Gasteiger charge is 2.27. The van der Waals surface area contributed by atoms with Crippen LogP contribution in [0.15, 0.2) is 30.3 Å². The molecule has 2 heteroatoms. The van der Waals surface area contributed by atoms with Crippen LogP contribution in [-0.4, -0.2) is 10.6 Å². The van der Waals surface area contributed by atoms with Crippen molar-refractivity contribution in [3.8, 4) is 0 Å². The highest BCUT2D eigenvalue weighted by Crippen LogP contribution is 2.31. The molecule has 1 aliphatic carbocycles. The van der Waals surface area contributed by atoms with E-state index in [2.05, 4.69) is 15.9 Å². The number of halogens is 1. The fraction of sp³-hybridized carbons (Fsp3) is 0.500. The van der Waals surface area contributed by atoms with Crippen LogP contribution in [0, 0.1) is 5.92 Å². The fourth-order valence-corrected chi connectivity index (χ4v) is 3.20. The summed E-state index contributed by atoms with van der Waals surface area (Å²) in [7, 11) is 0. The smallest absolute Gasteiger partial charge is 0.176 e. The molecular weight excluding hydrogens is 264 g/mol. The van der Waals surface area contributed by atoms with Gasteiger partial charge in [0.15, 0.2) is 5.78 Å². The molecule has 1 aromatic carbocycles. The molecule has 1 unspecified atom stereocenters. The first-order chi connectivity index (χ1) is 7.79. The highest BCUT2D eigenvalue weighted by molar-refractivity contribution is 9.10. The Kier molecular flexibility index (Phi) is 4.16. The minimum absolute atomic E-state index is 0.00944. The van der Waals surface area contributed by atoms with Crippen LogP contribution in [0.5, 0.6) is 0 Å². The second-order valence-corrected chi connectivity index (χ2v) is 5.52. The van der Waals surface area contributed by atoms with Gasteiger partial charge in [0.2, 0.25) is 0 Å². The van der Waals surface area contributed by atoms with Gasteiger partial charge in [-0.1, -0.05) is 65.5 Å². The van der Waals surface area contributed by atoms with Crippen LogP contribution in [0.25, 0.3) is 0 Å². The molecule has 1 nitrogen and oxygen atoms in total. The first-order valence-electron chi connectivity index (χ1n) is 6.02. The molecule has 2 rings (SSSR count). The van der Waals surface area contributed by atoms with E-state index in [-0.39, 0.29) is 10.6 Å². The predicted octanol–water partition coefficient (Wildman–Crippen LogP) is 4.21. The maximum Gasteiger partial charge on any atom is 0.176 e. The van der Waals surface area contributed by atoms with Crippen molar-refractivity contribution < 1.29 is 4.79 Å². The summed E-state index contributed by atoms with van der Waals surface area (Å²) < 4.78 is 0. The summed E-state index contributed by atoms with van der Waals surface area (Å²) in [6.07, 6.45) is 6.25. The molecule has 1 aromatic rings. The Labute approximate surface area is 105 Å². The molecule has 0 radical (unpaired) electrons. The molecule has 86 valence electrons. The van der Waals surface area contributed by atoms with E-state index in [4.69, 9.17) is 0 Å². The van der Waals surface area contributed by atoms with Crippen molar-refractivity contribution >= 4 is 21.7 Å². The zero-order valence-corrected chi connectivity index (χ0v) is 10.9. The van der Waals surface area contributed by atoms with E-state index < -0.39 is 0 Å². The number of Topliss-reactive ketones (excluding diaryl/α,β-unsaturated/α-hetero) is 1. The predicted molar refractivity (Wildman–Crippen MR) is 70.1 cm³/mol. The van der Waals surface area contributed by atoms with Gasteiger partial charge in [-0.05, 0) is 18.8 Å². The standard InChI is InChI=1S/C14H17BrO/c15-13(11-7-3-1-4-8-11)14(16)12-9-5-2-6-10-12/h2,5-6,9-11,13H,1,3-4,7-8H2. The van der Waals surface area contributed by atoms with Crippen LogP contribution in [0.3, 0.4) is 0 Å². The lowest BCUT2D eigenvalue weighted by atomic mass is 9.84. The fourth-order valence-electron chi connectivity index (χ4n) is 2.40. The molecule has 0 heterocycles. The van der Waals surface area contributed by atoms with E-state index in [1.54, 1.807) is 0 Å². The quantitative estimate of drug-likeness (QED) is 0.599. The molecule has 1 saturated carbocycles. The minimum atomic E-state index is 0.00944. The number of ketones is 1. The average Bonchev–Trinajstić information content (AvgIpc) is 2.39. The Balaban J connectivity index is 2.04. The van der Waals surface area contributed by atoms with Gasteiger partial charge in [-0.2, -0.15) is 0 Å². The normalized spacial score (nSPS) is 19.3. The molecule has 0 aliphatic heterocycles. The molecule has 16 heavy (non-hydrogen) atoms. The lowest BCUT2D eigenvalue weighted by molar-refractivity contribution is 0.0962. The summed E-state index contributed by atoms with van der Waals surface area (Å²) in [6.45, 7) is 0. The van der Waals surface area contributed by atoms with Crippen LogP contribution in [-0.2, 0) is 0 Å². The lowest BCUT2D eigenvalue weighted by Gasteiger charge is -2.25. The summed E-state index contributed by atoms with van der Waals surface area (Å²) in [5, 5.41) is 0. The SMILES string of the molecule is O=C(c1ccccc1)C(Br)C1CCCCC1. The van der Waals surface area contributed by atoms with E-state index in [9.17, 15) is 4.79 Å². The molecular formula is C14H17BrO. The number of hydrogen-bond donors (Lipinski definition) is 0. The third-order valence-corrected chi connectivity index (χ3v) is 4.54. The molecule has 0 bridgehead atoms. The molecule has 1 aliphatic rings. The van der Waals surface area contributed by atoms with E-state index in [0.717, 1.165) is 5.56 Å². The average molecular weight is 281 g/mol. The maximum absolute atomic E-state index is 12.2. The van der Waals surface area contributed by atoms with Crippen molar-refractivity contribution in [2.45, 2.75) is 36.9 Å². The van der Waals surface area contributed by atoms with Gasteiger partial charge in [0, 0.05) is 5.56 Å². The van der Waals surface area contributed by atoms with Gasteiger partial charge in [-0.15, -0.1) is 0 Å². The van der Waals surface area contributed by atoms with Gasteiger partial charge >= 0.3 is 0 Å².